The molecule has 1 aromatic carbocycles. The van der Waals surface area contributed by atoms with E-state index in [9.17, 15) is 13.5 Å². The maximum atomic E-state index is 11.5. The molecule has 19 heavy (non-hydrogen) atoms. The normalized spacial score (nSPS) is 26.8. The first-order valence-corrected chi connectivity index (χ1v) is 8.64. The molecule has 3 rings (SSSR count). The topological polar surface area (TPSA) is 57.6 Å². The fraction of sp³-hybridized carbons (Fsp3) is 0.571. The average molecular weight is 281 g/mol. The molecule has 1 N–H and O–H groups in total. The van der Waals surface area contributed by atoms with E-state index in [1.165, 1.54) is 5.56 Å². The van der Waals surface area contributed by atoms with Crippen LogP contribution in [0, 0.1) is 0 Å². The Morgan fingerprint density at radius 2 is 1.95 bits per heavy atom. The molecule has 1 aromatic rings. The highest BCUT2D eigenvalue weighted by molar-refractivity contribution is 7.91. The zero-order chi connectivity index (χ0) is 13.5. The minimum Gasteiger partial charge on any atom is -0.508 e. The van der Waals surface area contributed by atoms with Crippen molar-refractivity contribution in [2.45, 2.75) is 25.3 Å². The molecule has 1 unspecified atom stereocenters. The van der Waals surface area contributed by atoms with E-state index in [0.29, 0.717) is 18.8 Å². The summed E-state index contributed by atoms with van der Waals surface area (Å²) in [7, 11) is -2.83. The molecule has 0 amide bonds. The van der Waals surface area contributed by atoms with Crippen molar-refractivity contribution < 1.29 is 13.5 Å². The number of phenolic OH excluding ortho intramolecular Hbond substituents is 1. The smallest absolute Gasteiger partial charge is 0.152 e. The van der Waals surface area contributed by atoms with E-state index in [-0.39, 0.29) is 17.5 Å². The van der Waals surface area contributed by atoms with Gasteiger partial charge in [0.15, 0.2) is 9.84 Å². The first-order valence-electron chi connectivity index (χ1n) is 6.82. The molecule has 4 nitrogen and oxygen atoms in total. The molecule has 1 saturated heterocycles. The van der Waals surface area contributed by atoms with Gasteiger partial charge in [0.05, 0.1) is 11.5 Å². The Bertz CT molecular complexity index is 568. The van der Waals surface area contributed by atoms with E-state index in [2.05, 4.69) is 11.0 Å². The third-order valence-corrected chi connectivity index (χ3v) is 5.88. The van der Waals surface area contributed by atoms with Crippen LogP contribution in [0.5, 0.6) is 5.75 Å². The van der Waals surface area contributed by atoms with Gasteiger partial charge in [-0.15, -0.1) is 0 Å². The van der Waals surface area contributed by atoms with Crippen molar-refractivity contribution in [3.8, 4) is 5.75 Å². The van der Waals surface area contributed by atoms with Crippen LogP contribution in [-0.4, -0.2) is 43.0 Å². The summed E-state index contributed by atoms with van der Waals surface area (Å²) in [5, 5.41) is 9.94. The van der Waals surface area contributed by atoms with Gasteiger partial charge in [0.1, 0.15) is 5.75 Å². The van der Waals surface area contributed by atoms with Crippen molar-refractivity contribution >= 4 is 9.84 Å². The van der Waals surface area contributed by atoms with Crippen LogP contribution in [0.2, 0.25) is 0 Å². The zero-order valence-electron chi connectivity index (χ0n) is 10.9. The number of sulfone groups is 1. The largest absolute Gasteiger partial charge is 0.508 e. The third-order valence-electron chi connectivity index (χ3n) is 4.27. The van der Waals surface area contributed by atoms with Gasteiger partial charge in [0.2, 0.25) is 0 Å². The molecule has 1 fully saturated rings. The van der Waals surface area contributed by atoms with Gasteiger partial charge in [0.25, 0.3) is 0 Å². The van der Waals surface area contributed by atoms with Crippen LogP contribution in [0.4, 0.5) is 0 Å². The predicted octanol–water partition coefficient (Wildman–Crippen LogP) is 1.50. The number of benzene rings is 1. The molecule has 104 valence electrons. The molecular weight excluding hydrogens is 262 g/mol. The first kappa shape index (κ1) is 12.9. The molecule has 1 atom stereocenters. The highest BCUT2D eigenvalue weighted by Crippen LogP contribution is 2.38. The summed E-state index contributed by atoms with van der Waals surface area (Å²) in [5.74, 6) is 0.904. The van der Waals surface area contributed by atoms with Crippen LogP contribution in [0.1, 0.15) is 30.0 Å². The van der Waals surface area contributed by atoms with Crippen LogP contribution in [0.3, 0.4) is 0 Å². The predicted molar refractivity (Wildman–Crippen MR) is 74.0 cm³/mol. The summed E-state index contributed by atoms with van der Waals surface area (Å²) in [4.78, 5) is 2.26. The van der Waals surface area contributed by atoms with E-state index in [1.807, 2.05) is 6.07 Å². The third kappa shape index (κ3) is 2.49. The van der Waals surface area contributed by atoms with Crippen LogP contribution in [0.25, 0.3) is 0 Å². The minimum absolute atomic E-state index is 0.262. The second-order valence-corrected chi connectivity index (χ2v) is 7.74. The lowest BCUT2D eigenvalue weighted by atomic mass is 9.86. The van der Waals surface area contributed by atoms with E-state index >= 15 is 0 Å². The standard InChI is InChI=1S/C14H19NO3S/c16-14-6-2-3-11-12(14)4-1-5-13(11)15-7-9-19(17,18)10-8-15/h2-3,6,13,16H,1,4-5,7-10H2. The molecule has 0 saturated carbocycles. The zero-order valence-corrected chi connectivity index (χ0v) is 11.7. The first-order chi connectivity index (χ1) is 9.07. The number of rotatable bonds is 1. The Morgan fingerprint density at radius 3 is 2.68 bits per heavy atom. The Balaban J connectivity index is 1.86. The van der Waals surface area contributed by atoms with Gasteiger partial charge >= 0.3 is 0 Å². The Morgan fingerprint density at radius 1 is 1.21 bits per heavy atom. The molecule has 2 aliphatic rings. The number of phenols is 1. The van der Waals surface area contributed by atoms with Crippen molar-refractivity contribution in [2.24, 2.45) is 0 Å². The van der Waals surface area contributed by atoms with Gasteiger partial charge in [-0.1, -0.05) is 12.1 Å². The quantitative estimate of drug-likeness (QED) is 0.847. The van der Waals surface area contributed by atoms with Gasteiger partial charge < -0.3 is 5.11 Å². The lowest BCUT2D eigenvalue weighted by Crippen LogP contribution is -2.43. The molecule has 1 aliphatic heterocycles. The summed E-state index contributed by atoms with van der Waals surface area (Å²) in [6.07, 6.45) is 3.03. The molecule has 0 bridgehead atoms. The number of hydrogen-bond donors (Lipinski definition) is 1. The van der Waals surface area contributed by atoms with Gasteiger partial charge in [0, 0.05) is 19.1 Å². The van der Waals surface area contributed by atoms with Gasteiger partial charge in [-0.2, -0.15) is 0 Å². The molecule has 0 spiro atoms. The fourth-order valence-electron chi connectivity index (χ4n) is 3.22. The van der Waals surface area contributed by atoms with Crippen molar-refractivity contribution in [3.63, 3.8) is 0 Å². The Kier molecular flexibility index (Phi) is 3.27. The lowest BCUT2D eigenvalue weighted by molar-refractivity contribution is 0.192. The second kappa shape index (κ2) is 4.80. The monoisotopic (exact) mass is 281 g/mol. The summed E-state index contributed by atoms with van der Waals surface area (Å²) in [6, 6.07) is 5.96. The van der Waals surface area contributed by atoms with Gasteiger partial charge in [-0.05, 0) is 36.5 Å². The highest BCUT2D eigenvalue weighted by Gasteiger charge is 2.31. The van der Waals surface area contributed by atoms with Gasteiger partial charge in [-0.25, -0.2) is 8.42 Å². The van der Waals surface area contributed by atoms with Crippen LogP contribution < -0.4 is 0 Å². The molecule has 1 aliphatic carbocycles. The molecule has 0 aromatic heterocycles. The van der Waals surface area contributed by atoms with Crippen molar-refractivity contribution in [1.82, 2.24) is 4.90 Å². The van der Waals surface area contributed by atoms with Crippen LogP contribution >= 0.6 is 0 Å². The summed E-state index contributed by atoms with van der Waals surface area (Å²) in [5.41, 5.74) is 2.23. The second-order valence-electron chi connectivity index (χ2n) is 5.44. The van der Waals surface area contributed by atoms with Crippen LogP contribution in [-0.2, 0) is 16.3 Å². The maximum absolute atomic E-state index is 11.5. The van der Waals surface area contributed by atoms with Crippen LogP contribution in [0.15, 0.2) is 18.2 Å². The highest BCUT2D eigenvalue weighted by atomic mass is 32.2. The van der Waals surface area contributed by atoms with Crippen molar-refractivity contribution in [3.05, 3.63) is 29.3 Å². The van der Waals surface area contributed by atoms with E-state index in [4.69, 9.17) is 0 Å². The summed E-state index contributed by atoms with van der Waals surface area (Å²) < 4.78 is 23.0. The number of aromatic hydroxyl groups is 1. The van der Waals surface area contributed by atoms with E-state index in [0.717, 1.165) is 24.8 Å². The fourth-order valence-corrected chi connectivity index (χ4v) is 4.45. The Hall–Kier alpha value is -1.07. The summed E-state index contributed by atoms with van der Waals surface area (Å²) in [6.45, 7) is 1.23. The minimum atomic E-state index is -2.83. The average Bonchev–Trinajstić information content (AvgIpc) is 2.39. The molecular formula is C14H19NO3S. The number of hydrogen-bond acceptors (Lipinski definition) is 4. The molecule has 5 heteroatoms. The maximum Gasteiger partial charge on any atom is 0.152 e. The van der Waals surface area contributed by atoms with Crippen molar-refractivity contribution in [1.29, 1.82) is 0 Å². The summed E-state index contributed by atoms with van der Waals surface area (Å²) >= 11 is 0. The number of nitrogens with zero attached hydrogens (tertiary/aromatic N) is 1. The molecule has 0 radical (unpaired) electrons. The molecule has 1 heterocycles. The lowest BCUT2D eigenvalue weighted by Gasteiger charge is -2.38. The number of fused-ring (bicyclic) bond motifs is 1. The van der Waals surface area contributed by atoms with E-state index in [1.54, 1.807) is 6.07 Å². The van der Waals surface area contributed by atoms with Crippen molar-refractivity contribution in [2.75, 3.05) is 24.6 Å². The van der Waals surface area contributed by atoms with E-state index < -0.39 is 9.84 Å². The Labute approximate surface area is 114 Å². The van der Waals surface area contributed by atoms with Gasteiger partial charge in [-0.3, -0.25) is 4.90 Å². The SMILES string of the molecule is O=S1(=O)CCN(C2CCCc3c(O)cccc32)CC1.